The zero-order valence-electron chi connectivity index (χ0n) is 11.7. The van der Waals surface area contributed by atoms with Crippen LogP contribution < -0.4 is 10.6 Å². The lowest BCUT2D eigenvalue weighted by atomic mass is 10.1. The van der Waals surface area contributed by atoms with Gasteiger partial charge in [-0.3, -0.25) is 0 Å². The van der Waals surface area contributed by atoms with Gasteiger partial charge in [0.15, 0.2) is 0 Å². The van der Waals surface area contributed by atoms with Gasteiger partial charge in [0.2, 0.25) is 0 Å². The highest BCUT2D eigenvalue weighted by molar-refractivity contribution is 5.80. The lowest BCUT2D eigenvalue weighted by molar-refractivity contribution is 0.0421. The molecule has 0 atom stereocenters. The summed E-state index contributed by atoms with van der Waals surface area (Å²) in [4.78, 5) is 7.09. The van der Waals surface area contributed by atoms with Crippen LogP contribution in [0.15, 0.2) is 36.4 Å². The van der Waals surface area contributed by atoms with Crippen molar-refractivity contribution < 1.29 is 4.74 Å². The predicted molar refractivity (Wildman–Crippen MR) is 82.0 cm³/mol. The maximum absolute atomic E-state index is 5.71. The van der Waals surface area contributed by atoms with Crippen molar-refractivity contribution in [1.29, 1.82) is 0 Å². The monoisotopic (exact) mass is 271 g/mol. The molecule has 1 aromatic heterocycles. The number of nitrogens with zero attached hydrogens (tertiary/aromatic N) is 2. The highest BCUT2D eigenvalue weighted by Crippen LogP contribution is 2.22. The predicted octanol–water partition coefficient (Wildman–Crippen LogP) is 2.18. The highest BCUT2D eigenvalue weighted by Gasteiger charge is 2.20. The van der Waals surface area contributed by atoms with Gasteiger partial charge < -0.3 is 15.4 Å². The van der Waals surface area contributed by atoms with Gasteiger partial charge in [0.25, 0.3) is 0 Å². The SMILES string of the molecule is NCCOC1CCN(c2ccc3ccccc3n2)CC1. The van der Waals surface area contributed by atoms with Crippen molar-refractivity contribution in [2.24, 2.45) is 5.73 Å². The minimum atomic E-state index is 0.357. The van der Waals surface area contributed by atoms with Crippen molar-refractivity contribution in [3.8, 4) is 0 Å². The smallest absolute Gasteiger partial charge is 0.129 e. The summed E-state index contributed by atoms with van der Waals surface area (Å²) in [7, 11) is 0. The van der Waals surface area contributed by atoms with Crippen LogP contribution in [0.25, 0.3) is 10.9 Å². The molecule has 2 aromatic rings. The van der Waals surface area contributed by atoms with Crippen molar-refractivity contribution in [2.45, 2.75) is 18.9 Å². The second-order valence-corrected chi connectivity index (χ2v) is 5.21. The van der Waals surface area contributed by atoms with E-state index in [-0.39, 0.29) is 0 Å². The maximum atomic E-state index is 5.71. The van der Waals surface area contributed by atoms with Gasteiger partial charge in [0.05, 0.1) is 18.2 Å². The molecule has 0 aliphatic carbocycles. The summed E-state index contributed by atoms with van der Waals surface area (Å²) in [5, 5.41) is 1.19. The Morgan fingerprint density at radius 1 is 1.15 bits per heavy atom. The molecule has 1 saturated heterocycles. The molecule has 0 amide bonds. The van der Waals surface area contributed by atoms with Crippen molar-refractivity contribution in [3.63, 3.8) is 0 Å². The normalized spacial score (nSPS) is 16.8. The molecule has 1 fully saturated rings. The topological polar surface area (TPSA) is 51.4 Å². The Kier molecular flexibility index (Phi) is 4.14. The first kappa shape index (κ1) is 13.3. The Morgan fingerprint density at radius 3 is 2.75 bits per heavy atom. The second kappa shape index (κ2) is 6.20. The third-order valence-electron chi connectivity index (χ3n) is 3.82. The Hall–Kier alpha value is -1.65. The molecule has 20 heavy (non-hydrogen) atoms. The standard InChI is InChI=1S/C16H21N3O/c17-9-12-20-14-7-10-19(11-8-14)16-6-5-13-3-1-2-4-15(13)18-16/h1-6,14H,7-12,17H2. The van der Waals surface area contributed by atoms with Gasteiger partial charge in [-0.15, -0.1) is 0 Å². The van der Waals surface area contributed by atoms with Gasteiger partial charge in [0.1, 0.15) is 5.82 Å². The van der Waals surface area contributed by atoms with E-state index in [9.17, 15) is 0 Å². The average Bonchev–Trinajstić information content (AvgIpc) is 2.53. The number of fused-ring (bicyclic) bond motifs is 1. The maximum Gasteiger partial charge on any atom is 0.129 e. The summed E-state index contributed by atoms with van der Waals surface area (Å²) < 4.78 is 5.71. The zero-order chi connectivity index (χ0) is 13.8. The summed E-state index contributed by atoms with van der Waals surface area (Å²) in [6, 6.07) is 12.5. The molecular formula is C16H21N3O. The van der Waals surface area contributed by atoms with E-state index in [0.29, 0.717) is 19.3 Å². The number of nitrogens with two attached hydrogens (primary N) is 1. The Bertz CT molecular complexity index is 564. The number of hydrogen-bond donors (Lipinski definition) is 1. The van der Waals surface area contributed by atoms with E-state index in [1.165, 1.54) is 5.39 Å². The Morgan fingerprint density at radius 2 is 1.95 bits per heavy atom. The van der Waals surface area contributed by atoms with Gasteiger partial charge in [-0.25, -0.2) is 4.98 Å². The summed E-state index contributed by atoms with van der Waals surface area (Å²) in [5.74, 6) is 1.07. The molecule has 4 nitrogen and oxygen atoms in total. The third kappa shape index (κ3) is 2.92. The minimum absolute atomic E-state index is 0.357. The van der Waals surface area contributed by atoms with Crippen LogP contribution in [-0.4, -0.2) is 37.3 Å². The number of rotatable bonds is 4. The highest BCUT2D eigenvalue weighted by atomic mass is 16.5. The van der Waals surface area contributed by atoms with Crippen LogP contribution in [0.1, 0.15) is 12.8 Å². The number of para-hydroxylation sites is 1. The lowest BCUT2D eigenvalue weighted by Gasteiger charge is -2.32. The van der Waals surface area contributed by atoms with Gasteiger partial charge in [-0.05, 0) is 31.0 Å². The van der Waals surface area contributed by atoms with Gasteiger partial charge in [-0.1, -0.05) is 18.2 Å². The number of hydrogen-bond acceptors (Lipinski definition) is 4. The average molecular weight is 271 g/mol. The number of ether oxygens (including phenoxy) is 1. The van der Waals surface area contributed by atoms with Crippen LogP contribution in [0, 0.1) is 0 Å². The van der Waals surface area contributed by atoms with Gasteiger partial charge >= 0.3 is 0 Å². The largest absolute Gasteiger partial charge is 0.377 e. The molecule has 0 unspecified atom stereocenters. The van der Waals surface area contributed by atoms with Crippen LogP contribution in [0.5, 0.6) is 0 Å². The molecule has 1 aliphatic heterocycles. The number of piperidine rings is 1. The first-order valence-electron chi connectivity index (χ1n) is 7.29. The van der Waals surface area contributed by atoms with Crippen molar-refractivity contribution in [2.75, 3.05) is 31.1 Å². The quantitative estimate of drug-likeness (QED) is 0.926. The van der Waals surface area contributed by atoms with E-state index in [4.69, 9.17) is 15.5 Å². The zero-order valence-corrected chi connectivity index (χ0v) is 11.7. The summed E-state index contributed by atoms with van der Waals surface area (Å²) in [5.41, 5.74) is 6.53. The lowest BCUT2D eigenvalue weighted by Crippen LogP contribution is -2.38. The van der Waals surface area contributed by atoms with Gasteiger partial charge in [-0.2, -0.15) is 0 Å². The van der Waals surface area contributed by atoms with E-state index in [1.54, 1.807) is 0 Å². The van der Waals surface area contributed by atoms with Gasteiger partial charge in [0, 0.05) is 25.0 Å². The molecule has 0 saturated carbocycles. The van der Waals surface area contributed by atoms with E-state index in [1.807, 2.05) is 12.1 Å². The molecular weight excluding hydrogens is 250 g/mol. The molecule has 1 aliphatic rings. The van der Waals surface area contributed by atoms with Crippen LogP contribution >= 0.6 is 0 Å². The number of pyridine rings is 1. The molecule has 3 rings (SSSR count). The number of benzene rings is 1. The van der Waals surface area contributed by atoms with Crippen LogP contribution in [0.4, 0.5) is 5.82 Å². The molecule has 0 spiro atoms. The molecule has 2 heterocycles. The third-order valence-corrected chi connectivity index (χ3v) is 3.82. The van der Waals surface area contributed by atoms with Crippen LogP contribution in [0.2, 0.25) is 0 Å². The van der Waals surface area contributed by atoms with E-state index in [2.05, 4.69) is 29.2 Å². The number of aromatic nitrogens is 1. The summed E-state index contributed by atoms with van der Waals surface area (Å²) >= 11 is 0. The van der Waals surface area contributed by atoms with Crippen LogP contribution in [-0.2, 0) is 4.74 Å². The first-order chi connectivity index (χ1) is 9.86. The summed E-state index contributed by atoms with van der Waals surface area (Å²) in [6.45, 7) is 3.27. The Balaban J connectivity index is 1.67. The summed E-state index contributed by atoms with van der Waals surface area (Å²) in [6.07, 6.45) is 2.46. The van der Waals surface area contributed by atoms with Crippen molar-refractivity contribution >= 4 is 16.7 Å². The fourth-order valence-electron chi connectivity index (χ4n) is 2.72. The number of anilines is 1. The molecule has 2 N–H and O–H groups in total. The molecule has 4 heteroatoms. The van der Waals surface area contributed by atoms with E-state index < -0.39 is 0 Å². The minimum Gasteiger partial charge on any atom is -0.377 e. The Labute approximate surface area is 119 Å². The van der Waals surface area contributed by atoms with E-state index >= 15 is 0 Å². The fourth-order valence-corrected chi connectivity index (χ4v) is 2.72. The fraction of sp³-hybridized carbons (Fsp3) is 0.438. The van der Waals surface area contributed by atoms with Crippen LogP contribution in [0.3, 0.4) is 0 Å². The molecule has 0 radical (unpaired) electrons. The molecule has 0 bridgehead atoms. The second-order valence-electron chi connectivity index (χ2n) is 5.21. The molecule has 1 aromatic carbocycles. The first-order valence-corrected chi connectivity index (χ1v) is 7.29. The van der Waals surface area contributed by atoms with Crippen molar-refractivity contribution in [3.05, 3.63) is 36.4 Å². The molecule has 106 valence electrons. The van der Waals surface area contributed by atoms with Crippen molar-refractivity contribution in [1.82, 2.24) is 4.98 Å². The van der Waals surface area contributed by atoms with E-state index in [0.717, 1.165) is 37.3 Å².